The van der Waals surface area contributed by atoms with Gasteiger partial charge < -0.3 is 15.8 Å². The highest BCUT2D eigenvalue weighted by Gasteiger charge is 2.26. The zero-order valence-corrected chi connectivity index (χ0v) is 12.7. The lowest BCUT2D eigenvalue weighted by Gasteiger charge is -2.26. The summed E-state index contributed by atoms with van der Waals surface area (Å²) < 4.78 is 19.2. The van der Waals surface area contributed by atoms with Crippen LogP contribution in [0.4, 0.5) is 4.39 Å². The maximum absolute atomic E-state index is 13.1. The van der Waals surface area contributed by atoms with Crippen LogP contribution >= 0.6 is 15.9 Å². The van der Waals surface area contributed by atoms with Crippen LogP contribution in [0.1, 0.15) is 18.4 Å². The molecule has 1 saturated heterocycles. The molecule has 0 spiro atoms. The Kier molecular flexibility index (Phi) is 5.51. The molecule has 1 atom stereocenters. The summed E-state index contributed by atoms with van der Waals surface area (Å²) in [5.74, 6) is -0.376. The maximum atomic E-state index is 13.1. The van der Waals surface area contributed by atoms with Crippen molar-refractivity contribution in [3.63, 3.8) is 0 Å². The van der Waals surface area contributed by atoms with Gasteiger partial charge in [-0.1, -0.05) is 15.9 Å². The molecule has 1 aromatic carbocycles. The number of rotatable bonds is 4. The predicted molar refractivity (Wildman–Crippen MR) is 77.5 cm³/mol. The highest BCUT2D eigenvalue weighted by Crippen LogP contribution is 2.19. The zero-order chi connectivity index (χ0) is 14.5. The Morgan fingerprint density at radius 1 is 1.50 bits per heavy atom. The minimum atomic E-state index is -0.536. The molecular weight excluding hydrogens is 327 g/mol. The van der Waals surface area contributed by atoms with E-state index < -0.39 is 6.04 Å². The first kappa shape index (κ1) is 15.4. The maximum Gasteiger partial charge on any atom is 0.237 e. The number of carbonyl (C=O) groups excluding carboxylic acids is 1. The molecule has 1 aromatic rings. The fraction of sp³-hybridized carbons (Fsp3) is 0.500. The highest BCUT2D eigenvalue weighted by atomic mass is 79.9. The monoisotopic (exact) mass is 344 g/mol. The van der Waals surface area contributed by atoms with Crippen LogP contribution in [0, 0.1) is 11.7 Å². The second kappa shape index (κ2) is 7.15. The van der Waals surface area contributed by atoms with Crippen LogP contribution < -0.4 is 11.1 Å². The third-order valence-electron chi connectivity index (χ3n) is 3.54. The summed E-state index contributed by atoms with van der Waals surface area (Å²) in [6.45, 7) is 1.57. The normalized spacial score (nSPS) is 17.8. The fourth-order valence-corrected chi connectivity index (χ4v) is 2.65. The standard InChI is InChI=1S/C14H18BrFN2O2/c15-12-2-1-11(16)7-10(12)8-18-14(19)13(17)9-3-5-20-6-4-9/h1-2,7,9,13H,3-6,8,17H2,(H,18,19)/t13-/m0/s1. The molecular formula is C14H18BrFN2O2. The number of halogens is 2. The van der Waals surface area contributed by atoms with E-state index in [0.717, 1.165) is 17.3 Å². The Bertz CT molecular complexity index is 478. The number of nitrogens with two attached hydrogens (primary N) is 1. The Morgan fingerprint density at radius 2 is 2.20 bits per heavy atom. The number of amides is 1. The summed E-state index contributed by atoms with van der Waals surface area (Å²) in [5, 5.41) is 2.76. The van der Waals surface area contributed by atoms with Gasteiger partial charge in [0, 0.05) is 24.2 Å². The molecule has 1 heterocycles. The summed E-state index contributed by atoms with van der Waals surface area (Å²) in [7, 11) is 0. The Hall–Kier alpha value is -0.980. The van der Waals surface area contributed by atoms with E-state index in [0.29, 0.717) is 18.8 Å². The van der Waals surface area contributed by atoms with Gasteiger partial charge in [0.05, 0.1) is 6.04 Å². The Balaban J connectivity index is 1.89. The molecule has 2 rings (SSSR count). The summed E-state index contributed by atoms with van der Waals surface area (Å²) in [5.41, 5.74) is 6.66. The van der Waals surface area contributed by atoms with E-state index in [-0.39, 0.29) is 24.2 Å². The Labute approximate surface area is 126 Å². The fourth-order valence-electron chi connectivity index (χ4n) is 2.27. The van der Waals surface area contributed by atoms with Crippen LogP contribution in [0.3, 0.4) is 0 Å². The van der Waals surface area contributed by atoms with Crippen LogP contribution in [-0.2, 0) is 16.1 Å². The van der Waals surface area contributed by atoms with E-state index in [4.69, 9.17) is 10.5 Å². The van der Waals surface area contributed by atoms with Gasteiger partial charge in [0.15, 0.2) is 0 Å². The first-order valence-electron chi connectivity index (χ1n) is 6.63. The minimum Gasteiger partial charge on any atom is -0.381 e. The molecule has 20 heavy (non-hydrogen) atoms. The van der Waals surface area contributed by atoms with Crippen LogP contribution in [-0.4, -0.2) is 25.2 Å². The largest absolute Gasteiger partial charge is 0.381 e. The van der Waals surface area contributed by atoms with Gasteiger partial charge in [-0.15, -0.1) is 0 Å². The van der Waals surface area contributed by atoms with E-state index in [9.17, 15) is 9.18 Å². The van der Waals surface area contributed by atoms with Gasteiger partial charge in [-0.05, 0) is 42.5 Å². The molecule has 0 aromatic heterocycles. The molecule has 1 amide bonds. The number of carbonyl (C=O) groups is 1. The number of benzene rings is 1. The van der Waals surface area contributed by atoms with Crippen molar-refractivity contribution in [3.8, 4) is 0 Å². The molecule has 0 radical (unpaired) electrons. The van der Waals surface area contributed by atoms with Crippen LogP contribution in [0.5, 0.6) is 0 Å². The lowest BCUT2D eigenvalue weighted by Crippen LogP contribution is -2.46. The topological polar surface area (TPSA) is 64.4 Å². The van der Waals surface area contributed by atoms with Crippen molar-refractivity contribution >= 4 is 21.8 Å². The second-order valence-electron chi connectivity index (χ2n) is 4.93. The molecule has 1 aliphatic heterocycles. The van der Waals surface area contributed by atoms with Crippen molar-refractivity contribution in [2.24, 2.45) is 11.7 Å². The predicted octanol–water partition coefficient (Wildman–Crippen LogP) is 1.96. The number of ether oxygens (including phenoxy) is 1. The SMILES string of the molecule is N[C@H](C(=O)NCc1cc(F)ccc1Br)C1CCOCC1. The molecule has 1 fully saturated rings. The van der Waals surface area contributed by atoms with E-state index in [1.54, 1.807) is 6.07 Å². The van der Waals surface area contributed by atoms with Crippen molar-refractivity contribution < 1.29 is 13.9 Å². The van der Waals surface area contributed by atoms with E-state index in [1.807, 2.05) is 0 Å². The average Bonchev–Trinajstić information content (AvgIpc) is 2.48. The van der Waals surface area contributed by atoms with Crippen molar-refractivity contribution in [2.45, 2.75) is 25.4 Å². The smallest absolute Gasteiger partial charge is 0.237 e. The van der Waals surface area contributed by atoms with Crippen LogP contribution in [0.25, 0.3) is 0 Å². The summed E-state index contributed by atoms with van der Waals surface area (Å²) in [6.07, 6.45) is 1.61. The van der Waals surface area contributed by atoms with Gasteiger partial charge in [-0.3, -0.25) is 4.79 Å². The quantitative estimate of drug-likeness (QED) is 0.877. The number of hydrogen-bond donors (Lipinski definition) is 2. The molecule has 3 N–H and O–H groups in total. The number of nitrogens with one attached hydrogen (secondary N) is 1. The Morgan fingerprint density at radius 3 is 2.90 bits per heavy atom. The van der Waals surface area contributed by atoms with Gasteiger partial charge in [0.1, 0.15) is 5.82 Å². The lowest BCUT2D eigenvalue weighted by atomic mass is 9.92. The third kappa shape index (κ3) is 4.01. The molecule has 0 aliphatic carbocycles. The first-order valence-corrected chi connectivity index (χ1v) is 7.42. The zero-order valence-electron chi connectivity index (χ0n) is 11.1. The molecule has 0 saturated carbocycles. The van der Waals surface area contributed by atoms with Crippen molar-refractivity contribution in [2.75, 3.05) is 13.2 Å². The first-order chi connectivity index (χ1) is 9.58. The molecule has 0 bridgehead atoms. The molecule has 1 aliphatic rings. The molecule has 4 nitrogen and oxygen atoms in total. The van der Waals surface area contributed by atoms with Crippen molar-refractivity contribution in [1.82, 2.24) is 5.32 Å². The molecule has 6 heteroatoms. The molecule has 0 unspecified atom stereocenters. The van der Waals surface area contributed by atoms with Crippen molar-refractivity contribution in [1.29, 1.82) is 0 Å². The van der Waals surface area contributed by atoms with Gasteiger partial charge in [-0.25, -0.2) is 4.39 Å². The molecule has 110 valence electrons. The summed E-state index contributed by atoms with van der Waals surface area (Å²) in [4.78, 5) is 12.0. The lowest BCUT2D eigenvalue weighted by molar-refractivity contribution is -0.124. The van der Waals surface area contributed by atoms with E-state index >= 15 is 0 Å². The minimum absolute atomic E-state index is 0.153. The highest BCUT2D eigenvalue weighted by molar-refractivity contribution is 9.10. The van der Waals surface area contributed by atoms with Gasteiger partial charge in [0.2, 0.25) is 5.91 Å². The van der Waals surface area contributed by atoms with Gasteiger partial charge in [-0.2, -0.15) is 0 Å². The van der Waals surface area contributed by atoms with E-state index in [2.05, 4.69) is 21.2 Å². The van der Waals surface area contributed by atoms with Crippen LogP contribution in [0.2, 0.25) is 0 Å². The van der Waals surface area contributed by atoms with Gasteiger partial charge in [0.25, 0.3) is 0 Å². The van der Waals surface area contributed by atoms with Gasteiger partial charge >= 0.3 is 0 Å². The average molecular weight is 345 g/mol. The number of hydrogen-bond acceptors (Lipinski definition) is 3. The third-order valence-corrected chi connectivity index (χ3v) is 4.31. The summed E-state index contributed by atoms with van der Waals surface area (Å²) in [6, 6.07) is 3.84. The van der Waals surface area contributed by atoms with E-state index in [1.165, 1.54) is 12.1 Å². The second-order valence-corrected chi connectivity index (χ2v) is 5.78. The van der Waals surface area contributed by atoms with Crippen molar-refractivity contribution in [3.05, 3.63) is 34.1 Å². The summed E-state index contributed by atoms with van der Waals surface area (Å²) >= 11 is 3.33. The van der Waals surface area contributed by atoms with Crippen LogP contribution in [0.15, 0.2) is 22.7 Å².